The molecule has 0 aromatic heterocycles. The molecule has 1 fully saturated rings. The maximum absolute atomic E-state index is 12.3. The van der Waals surface area contributed by atoms with Crippen LogP contribution in [-0.2, 0) is 9.59 Å². The lowest BCUT2D eigenvalue weighted by atomic mass is 9.95. The standard InChI is InChI=1S/C18H27N3O2.ClH/c1-18(2,3)17(23)20-10-9-16(22)21-11-14(15(19)12-21)13-7-5-4-6-8-13;/h4-8,14-15H,9-12,19H2,1-3H3,(H,20,23);1H/t14-,15+;/m0./s1. The molecular weight excluding hydrogens is 326 g/mol. The number of carbonyl (C=O) groups is 2. The molecule has 2 atom stereocenters. The molecule has 1 aliphatic rings. The van der Waals surface area contributed by atoms with Crippen molar-refractivity contribution in [1.82, 2.24) is 10.2 Å². The van der Waals surface area contributed by atoms with E-state index in [1.807, 2.05) is 43.9 Å². The van der Waals surface area contributed by atoms with Gasteiger partial charge in [-0.3, -0.25) is 9.59 Å². The Morgan fingerprint density at radius 3 is 2.42 bits per heavy atom. The summed E-state index contributed by atoms with van der Waals surface area (Å²) in [6, 6.07) is 10.0. The zero-order chi connectivity index (χ0) is 17.0. The molecular formula is C18H28ClN3O2. The van der Waals surface area contributed by atoms with E-state index in [2.05, 4.69) is 17.4 Å². The monoisotopic (exact) mass is 353 g/mol. The zero-order valence-electron chi connectivity index (χ0n) is 14.6. The topological polar surface area (TPSA) is 75.4 Å². The van der Waals surface area contributed by atoms with Crippen molar-refractivity contribution in [2.75, 3.05) is 19.6 Å². The van der Waals surface area contributed by atoms with E-state index in [1.54, 1.807) is 0 Å². The van der Waals surface area contributed by atoms with Gasteiger partial charge in [-0.05, 0) is 5.56 Å². The maximum Gasteiger partial charge on any atom is 0.225 e. The first-order chi connectivity index (χ1) is 10.8. The lowest BCUT2D eigenvalue weighted by Crippen LogP contribution is -2.38. The molecule has 0 aliphatic carbocycles. The quantitative estimate of drug-likeness (QED) is 0.868. The van der Waals surface area contributed by atoms with Crippen LogP contribution in [0.5, 0.6) is 0 Å². The van der Waals surface area contributed by atoms with Crippen LogP contribution in [0.3, 0.4) is 0 Å². The molecule has 0 saturated carbocycles. The largest absolute Gasteiger partial charge is 0.355 e. The molecule has 134 valence electrons. The molecule has 1 aromatic carbocycles. The Kier molecular flexibility index (Phi) is 7.24. The number of nitrogens with zero attached hydrogens (tertiary/aromatic N) is 1. The van der Waals surface area contributed by atoms with E-state index < -0.39 is 5.41 Å². The fourth-order valence-corrected chi connectivity index (χ4v) is 2.79. The molecule has 0 radical (unpaired) electrons. The minimum Gasteiger partial charge on any atom is -0.355 e. The molecule has 0 unspecified atom stereocenters. The number of hydrogen-bond donors (Lipinski definition) is 2. The maximum atomic E-state index is 12.3. The summed E-state index contributed by atoms with van der Waals surface area (Å²) in [5.74, 6) is 0.197. The number of hydrogen-bond acceptors (Lipinski definition) is 3. The molecule has 24 heavy (non-hydrogen) atoms. The highest BCUT2D eigenvalue weighted by atomic mass is 35.5. The van der Waals surface area contributed by atoms with Crippen LogP contribution >= 0.6 is 12.4 Å². The summed E-state index contributed by atoms with van der Waals surface area (Å²) < 4.78 is 0. The van der Waals surface area contributed by atoms with Crippen molar-refractivity contribution in [1.29, 1.82) is 0 Å². The number of likely N-dealkylation sites (tertiary alicyclic amines) is 1. The molecule has 1 saturated heterocycles. The summed E-state index contributed by atoms with van der Waals surface area (Å²) in [5, 5.41) is 2.81. The molecule has 0 bridgehead atoms. The smallest absolute Gasteiger partial charge is 0.225 e. The third-order valence-electron chi connectivity index (χ3n) is 4.25. The average molecular weight is 354 g/mol. The number of nitrogens with two attached hydrogens (primary N) is 1. The highest BCUT2D eigenvalue weighted by molar-refractivity contribution is 5.85. The third-order valence-corrected chi connectivity index (χ3v) is 4.25. The van der Waals surface area contributed by atoms with Crippen LogP contribution < -0.4 is 11.1 Å². The summed E-state index contributed by atoms with van der Waals surface area (Å²) >= 11 is 0. The first-order valence-corrected chi connectivity index (χ1v) is 8.15. The number of rotatable bonds is 4. The van der Waals surface area contributed by atoms with Gasteiger partial charge in [-0.15, -0.1) is 12.4 Å². The van der Waals surface area contributed by atoms with E-state index >= 15 is 0 Å². The predicted molar refractivity (Wildman–Crippen MR) is 98.1 cm³/mol. The molecule has 3 N–H and O–H groups in total. The van der Waals surface area contributed by atoms with Crippen molar-refractivity contribution < 1.29 is 9.59 Å². The molecule has 1 aromatic rings. The van der Waals surface area contributed by atoms with Gasteiger partial charge in [-0.25, -0.2) is 0 Å². The van der Waals surface area contributed by atoms with Gasteiger partial charge in [0.15, 0.2) is 0 Å². The lowest BCUT2D eigenvalue weighted by Gasteiger charge is -2.19. The van der Waals surface area contributed by atoms with Gasteiger partial charge in [0.25, 0.3) is 0 Å². The summed E-state index contributed by atoms with van der Waals surface area (Å²) in [7, 11) is 0. The van der Waals surface area contributed by atoms with Gasteiger partial charge in [0, 0.05) is 43.4 Å². The number of halogens is 1. The second kappa shape index (κ2) is 8.49. The van der Waals surface area contributed by atoms with Crippen molar-refractivity contribution >= 4 is 24.2 Å². The van der Waals surface area contributed by atoms with Crippen LogP contribution in [0.25, 0.3) is 0 Å². The van der Waals surface area contributed by atoms with Gasteiger partial charge in [0.2, 0.25) is 11.8 Å². The summed E-state index contributed by atoms with van der Waals surface area (Å²) in [5.41, 5.74) is 6.95. The zero-order valence-corrected chi connectivity index (χ0v) is 15.4. The van der Waals surface area contributed by atoms with Gasteiger partial charge < -0.3 is 16.0 Å². The van der Waals surface area contributed by atoms with Crippen LogP contribution in [0.1, 0.15) is 38.7 Å². The Balaban J connectivity index is 0.00000288. The molecule has 2 amide bonds. The first-order valence-electron chi connectivity index (χ1n) is 8.15. The Bertz CT molecular complexity index is 557. The van der Waals surface area contributed by atoms with Crippen LogP contribution in [-0.4, -0.2) is 42.4 Å². The molecule has 1 heterocycles. The van der Waals surface area contributed by atoms with Crippen molar-refractivity contribution in [2.45, 2.75) is 39.2 Å². The van der Waals surface area contributed by atoms with Crippen LogP contribution in [0.15, 0.2) is 30.3 Å². The second-order valence-corrected chi connectivity index (χ2v) is 7.24. The molecule has 2 rings (SSSR count). The van der Waals surface area contributed by atoms with E-state index in [0.29, 0.717) is 26.1 Å². The van der Waals surface area contributed by atoms with E-state index in [9.17, 15) is 9.59 Å². The lowest BCUT2D eigenvalue weighted by molar-refractivity contribution is -0.131. The Morgan fingerprint density at radius 1 is 1.21 bits per heavy atom. The van der Waals surface area contributed by atoms with E-state index in [0.717, 1.165) is 0 Å². The third kappa shape index (κ3) is 5.21. The van der Waals surface area contributed by atoms with E-state index in [-0.39, 0.29) is 36.2 Å². The first kappa shape index (κ1) is 20.5. The minimum absolute atomic E-state index is 0. The number of amides is 2. The molecule has 1 aliphatic heterocycles. The summed E-state index contributed by atoms with van der Waals surface area (Å²) in [6.45, 7) is 7.16. The fraction of sp³-hybridized carbons (Fsp3) is 0.556. The SMILES string of the molecule is CC(C)(C)C(=O)NCCC(=O)N1C[C@@H](N)[C@H](c2ccccc2)C1.Cl. The minimum atomic E-state index is -0.433. The number of benzene rings is 1. The summed E-state index contributed by atoms with van der Waals surface area (Å²) in [4.78, 5) is 25.9. The Labute approximate surface area is 150 Å². The number of nitrogens with one attached hydrogen (secondary N) is 1. The van der Waals surface area contributed by atoms with Crippen molar-refractivity contribution in [3.05, 3.63) is 35.9 Å². The van der Waals surface area contributed by atoms with Gasteiger partial charge in [0.1, 0.15) is 0 Å². The van der Waals surface area contributed by atoms with Gasteiger partial charge in [-0.2, -0.15) is 0 Å². The molecule has 0 spiro atoms. The Morgan fingerprint density at radius 2 is 1.83 bits per heavy atom. The van der Waals surface area contributed by atoms with E-state index in [1.165, 1.54) is 5.56 Å². The van der Waals surface area contributed by atoms with Crippen LogP contribution in [0, 0.1) is 5.41 Å². The van der Waals surface area contributed by atoms with Gasteiger partial charge in [-0.1, -0.05) is 51.1 Å². The highest BCUT2D eigenvalue weighted by Crippen LogP contribution is 2.26. The van der Waals surface area contributed by atoms with Crippen molar-refractivity contribution in [3.8, 4) is 0 Å². The average Bonchev–Trinajstić information content (AvgIpc) is 2.89. The van der Waals surface area contributed by atoms with Gasteiger partial charge >= 0.3 is 0 Å². The predicted octanol–water partition coefficient (Wildman–Crippen LogP) is 1.91. The normalized spacial score (nSPS) is 20.4. The van der Waals surface area contributed by atoms with E-state index in [4.69, 9.17) is 5.73 Å². The Hall–Kier alpha value is -1.59. The second-order valence-electron chi connectivity index (χ2n) is 7.24. The van der Waals surface area contributed by atoms with Crippen molar-refractivity contribution in [3.63, 3.8) is 0 Å². The van der Waals surface area contributed by atoms with Gasteiger partial charge in [0.05, 0.1) is 0 Å². The molecule has 6 heteroatoms. The summed E-state index contributed by atoms with van der Waals surface area (Å²) in [6.07, 6.45) is 0.316. The van der Waals surface area contributed by atoms with Crippen LogP contribution in [0.2, 0.25) is 0 Å². The number of carbonyl (C=O) groups excluding carboxylic acids is 2. The van der Waals surface area contributed by atoms with Crippen molar-refractivity contribution in [2.24, 2.45) is 11.1 Å². The highest BCUT2D eigenvalue weighted by Gasteiger charge is 2.33. The molecule has 5 nitrogen and oxygen atoms in total. The van der Waals surface area contributed by atoms with Crippen LogP contribution in [0.4, 0.5) is 0 Å². The fourth-order valence-electron chi connectivity index (χ4n) is 2.79.